The van der Waals surface area contributed by atoms with Crippen molar-refractivity contribution in [1.29, 1.82) is 0 Å². The molecule has 0 amide bonds. The van der Waals surface area contributed by atoms with Crippen LogP contribution < -0.4 is 5.73 Å². The Morgan fingerprint density at radius 1 is 1.28 bits per heavy atom. The predicted octanol–water partition coefficient (Wildman–Crippen LogP) is 2.77. The zero-order valence-corrected chi connectivity index (χ0v) is 11.3. The minimum Gasteiger partial charge on any atom is -0.330 e. The van der Waals surface area contributed by atoms with E-state index in [-0.39, 0.29) is 5.41 Å². The van der Waals surface area contributed by atoms with Crippen LogP contribution in [-0.4, -0.2) is 25.0 Å². The van der Waals surface area contributed by atoms with Crippen molar-refractivity contribution in [3.05, 3.63) is 35.4 Å². The van der Waals surface area contributed by atoms with Gasteiger partial charge in [0.1, 0.15) is 11.6 Å². The van der Waals surface area contributed by atoms with Gasteiger partial charge in [-0.25, -0.2) is 8.78 Å². The minimum absolute atomic E-state index is 0.0929. The van der Waals surface area contributed by atoms with E-state index in [0.717, 1.165) is 19.0 Å². The highest BCUT2D eigenvalue weighted by molar-refractivity contribution is 5.18. The zero-order valence-electron chi connectivity index (χ0n) is 11.3. The Kier molecular flexibility index (Phi) is 5.23. The van der Waals surface area contributed by atoms with E-state index in [0.29, 0.717) is 18.7 Å². The number of hydrogen-bond acceptors (Lipinski definition) is 2. The molecule has 102 valence electrons. The summed E-state index contributed by atoms with van der Waals surface area (Å²) in [5.74, 6) is -1.02. The number of nitrogens with zero attached hydrogens (tertiary/aromatic N) is 1. The van der Waals surface area contributed by atoms with Crippen LogP contribution in [0.1, 0.15) is 25.8 Å². The summed E-state index contributed by atoms with van der Waals surface area (Å²) in [5.41, 5.74) is 6.28. The van der Waals surface area contributed by atoms with E-state index in [1.165, 1.54) is 12.1 Å². The molecule has 0 saturated heterocycles. The molecule has 1 aromatic rings. The fraction of sp³-hybridized carbons (Fsp3) is 0.571. The molecule has 1 rings (SSSR count). The van der Waals surface area contributed by atoms with Crippen LogP contribution in [0.2, 0.25) is 0 Å². The van der Waals surface area contributed by atoms with Crippen molar-refractivity contribution >= 4 is 0 Å². The summed E-state index contributed by atoms with van der Waals surface area (Å²) < 4.78 is 26.2. The van der Waals surface area contributed by atoms with Gasteiger partial charge < -0.3 is 10.6 Å². The van der Waals surface area contributed by atoms with Crippen LogP contribution in [-0.2, 0) is 6.54 Å². The first kappa shape index (κ1) is 15.1. The lowest BCUT2D eigenvalue weighted by molar-refractivity contribution is 0.247. The van der Waals surface area contributed by atoms with Crippen LogP contribution >= 0.6 is 0 Å². The zero-order chi connectivity index (χ0) is 13.8. The molecule has 2 nitrogen and oxygen atoms in total. The molecule has 1 aromatic carbocycles. The molecule has 0 aliphatic heterocycles. The summed E-state index contributed by atoms with van der Waals surface area (Å²) in [6.07, 6.45) is 0.947. The maximum atomic E-state index is 13.5. The summed E-state index contributed by atoms with van der Waals surface area (Å²) in [6, 6.07) is 3.71. The van der Waals surface area contributed by atoms with Crippen molar-refractivity contribution in [2.45, 2.75) is 26.8 Å². The number of nitrogens with two attached hydrogens (primary N) is 1. The lowest BCUT2D eigenvalue weighted by atomic mass is 9.89. The fourth-order valence-electron chi connectivity index (χ4n) is 1.62. The van der Waals surface area contributed by atoms with Gasteiger partial charge in [-0.05, 0) is 38.0 Å². The molecule has 0 atom stereocenters. The summed E-state index contributed by atoms with van der Waals surface area (Å²) in [5, 5.41) is 0. The third kappa shape index (κ3) is 4.70. The molecule has 2 N–H and O–H groups in total. The molecule has 0 aliphatic rings. The molecule has 0 heterocycles. The third-order valence-electron chi connectivity index (χ3n) is 3.18. The molecule has 0 saturated carbocycles. The predicted molar refractivity (Wildman–Crippen MR) is 70.1 cm³/mol. The Morgan fingerprint density at radius 3 is 2.50 bits per heavy atom. The van der Waals surface area contributed by atoms with E-state index in [1.807, 2.05) is 11.9 Å². The Hall–Kier alpha value is -1.00. The lowest BCUT2D eigenvalue weighted by Gasteiger charge is -2.26. The second kappa shape index (κ2) is 6.25. The van der Waals surface area contributed by atoms with Gasteiger partial charge in [0, 0.05) is 18.2 Å². The minimum atomic E-state index is -0.539. The van der Waals surface area contributed by atoms with Crippen molar-refractivity contribution in [3.8, 4) is 0 Å². The Bertz CT molecular complexity index is 391. The SMILES string of the molecule is CN(CCC(C)(C)CN)Cc1ccc(F)cc1F. The van der Waals surface area contributed by atoms with E-state index in [1.54, 1.807) is 0 Å². The topological polar surface area (TPSA) is 29.3 Å². The maximum absolute atomic E-state index is 13.5. The highest BCUT2D eigenvalue weighted by Crippen LogP contribution is 2.19. The quantitative estimate of drug-likeness (QED) is 0.848. The second-order valence-corrected chi connectivity index (χ2v) is 5.59. The standard InChI is InChI=1S/C14H22F2N2/c1-14(2,10-17)6-7-18(3)9-11-4-5-12(15)8-13(11)16/h4-5,8H,6-7,9-10,17H2,1-3H3. The molecule has 0 radical (unpaired) electrons. The van der Waals surface area contributed by atoms with Gasteiger partial charge in [-0.15, -0.1) is 0 Å². The number of rotatable bonds is 6. The summed E-state index contributed by atoms with van der Waals surface area (Å²) >= 11 is 0. The van der Waals surface area contributed by atoms with E-state index >= 15 is 0 Å². The van der Waals surface area contributed by atoms with E-state index in [9.17, 15) is 8.78 Å². The van der Waals surface area contributed by atoms with Crippen LogP contribution in [0.5, 0.6) is 0 Å². The van der Waals surface area contributed by atoms with Crippen LogP contribution in [0.25, 0.3) is 0 Å². The summed E-state index contributed by atoms with van der Waals surface area (Å²) in [6.45, 7) is 6.16. The van der Waals surface area contributed by atoms with Crippen molar-refractivity contribution in [2.24, 2.45) is 11.1 Å². The highest BCUT2D eigenvalue weighted by atomic mass is 19.1. The number of halogens is 2. The van der Waals surface area contributed by atoms with Crippen LogP contribution in [0.4, 0.5) is 8.78 Å². The molecule has 0 bridgehead atoms. The first-order chi connectivity index (χ1) is 8.34. The van der Waals surface area contributed by atoms with Gasteiger partial charge >= 0.3 is 0 Å². The van der Waals surface area contributed by atoms with Gasteiger partial charge in [0.2, 0.25) is 0 Å². The third-order valence-corrected chi connectivity index (χ3v) is 3.18. The molecule has 0 aliphatic carbocycles. The lowest BCUT2D eigenvalue weighted by Crippen LogP contribution is -2.29. The monoisotopic (exact) mass is 256 g/mol. The molecule has 0 spiro atoms. The molecule has 0 unspecified atom stereocenters. The first-order valence-electron chi connectivity index (χ1n) is 6.16. The first-order valence-corrected chi connectivity index (χ1v) is 6.16. The normalized spacial score (nSPS) is 12.2. The van der Waals surface area contributed by atoms with Crippen LogP contribution in [0.3, 0.4) is 0 Å². The molecule has 4 heteroatoms. The fourth-order valence-corrected chi connectivity index (χ4v) is 1.62. The van der Waals surface area contributed by atoms with Gasteiger partial charge in [-0.2, -0.15) is 0 Å². The smallest absolute Gasteiger partial charge is 0.130 e. The average Bonchev–Trinajstić information content (AvgIpc) is 2.30. The molecule has 18 heavy (non-hydrogen) atoms. The largest absolute Gasteiger partial charge is 0.330 e. The number of hydrogen-bond donors (Lipinski definition) is 1. The number of benzene rings is 1. The van der Waals surface area contributed by atoms with Gasteiger partial charge in [0.05, 0.1) is 0 Å². The van der Waals surface area contributed by atoms with Crippen molar-refractivity contribution < 1.29 is 8.78 Å². The van der Waals surface area contributed by atoms with Crippen LogP contribution in [0, 0.1) is 17.0 Å². The van der Waals surface area contributed by atoms with Crippen molar-refractivity contribution in [3.63, 3.8) is 0 Å². The van der Waals surface area contributed by atoms with E-state index in [4.69, 9.17) is 5.73 Å². The van der Waals surface area contributed by atoms with Gasteiger partial charge in [-0.3, -0.25) is 0 Å². The highest BCUT2D eigenvalue weighted by Gasteiger charge is 2.16. The van der Waals surface area contributed by atoms with Gasteiger partial charge in [0.15, 0.2) is 0 Å². The molecule has 0 aromatic heterocycles. The summed E-state index contributed by atoms with van der Waals surface area (Å²) in [4.78, 5) is 2.02. The Morgan fingerprint density at radius 2 is 1.94 bits per heavy atom. The Balaban J connectivity index is 2.52. The van der Waals surface area contributed by atoms with Gasteiger partial charge in [0.25, 0.3) is 0 Å². The molecular weight excluding hydrogens is 234 g/mol. The maximum Gasteiger partial charge on any atom is 0.130 e. The van der Waals surface area contributed by atoms with E-state index < -0.39 is 11.6 Å². The van der Waals surface area contributed by atoms with Crippen molar-refractivity contribution in [1.82, 2.24) is 4.90 Å². The second-order valence-electron chi connectivity index (χ2n) is 5.59. The summed E-state index contributed by atoms with van der Waals surface area (Å²) in [7, 11) is 1.93. The molecule has 0 fully saturated rings. The average molecular weight is 256 g/mol. The van der Waals surface area contributed by atoms with Gasteiger partial charge in [-0.1, -0.05) is 19.9 Å². The van der Waals surface area contributed by atoms with Crippen molar-refractivity contribution in [2.75, 3.05) is 20.1 Å². The van der Waals surface area contributed by atoms with Crippen LogP contribution in [0.15, 0.2) is 18.2 Å². The molecular formula is C14H22F2N2. The van der Waals surface area contributed by atoms with E-state index in [2.05, 4.69) is 13.8 Å². The Labute approximate surface area is 108 Å².